The van der Waals surface area contributed by atoms with Gasteiger partial charge < -0.3 is 5.32 Å². The summed E-state index contributed by atoms with van der Waals surface area (Å²) in [6.45, 7) is 3.43. The van der Waals surface area contributed by atoms with Gasteiger partial charge in [-0.25, -0.2) is 14.3 Å². The Hall–Kier alpha value is -2.44. The summed E-state index contributed by atoms with van der Waals surface area (Å²) in [5.74, 6) is -0.331. The van der Waals surface area contributed by atoms with E-state index in [4.69, 9.17) is 0 Å². The fourth-order valence-electron chi connectivity index (χ4n) is 1.61. The number of aromatic nitrogens is 3. The third kappa shape index (κ3) is 2.87. The maximum atomic E-state index is 13.5. The van der Waals surface area contributed by atoms with Gasteiger partial charge in [0.25, 0.3) is 5.56 Å². The fourth-order valence-corrected chi connectivity index (χ4v) is 1.61. The molecule has 1 atom stereocenters. The lowest BCUT2D eigenvalue weighted by Crippen LogP contribution is -2.27. The molecule has 0 saturated carbocycles. The first kappa shape index (κ1) is 13.0. The van der Waals surface area contributed by atoms with E-state index < -0.39 is 11.2 Å². The van der Waals surface area contributed by atoms with Gasteiger partial charge in [-0.1, -0.05) is 12.1 Å². The molecule has 1 unspecified atom stereocenters. The van der Waals surface area contributed by atoms with E-state index in [-0.39, 0.29) is 17.7 Å². The van der Waals surface area contributed by atoms with E-state index >= 15 is 0 Å². The minimum absolute atomic E-state index is 0.0203. The van der Waals surface area contributed by atoms with Crippen LogP contribution in [0.4, 0.5) is 10.2 Å². The maximum absolute atomic E-state index is 13.5. The van der Waals surface area contributed by atoms with E-state index in [0.29, 0.717) is 11.1 Å². The number of nitrogens with zero attached hydrogens (tertiary/aromatic N) is 1. The van der Waals surface area contributed by atoms with Gasteiger partial charge in [-0.3, -0.25) is 9.78 Å². The summed E-state index contributed by atoms with van der Waals surface area (Å²) in [6.07, 6.45) is 0. The maximum Gasteiger partial charge on any atom is 0.342 e. The Morgan fingerprint density at radius 3 is 2.74 bits per heavy atom. The highest BCUT2D eigenvalue weighted by molar-refractivity contribution is 5.35. The van der Waals surface area contributed by atoms with Gasteiger partial charge >= 0.3 is 5.69 Å². The molecule has 0 bridgehead atoms. The lowest BCUT2D eigenvalue weighted by Gasteiger charge is -2.14. The third-order valence-corrected chi connectivity index (χ3v) is 2.76. The van der Waals surface area contributed by atoms with E-state index in [1.165, 1.54) is 6.07 Å². The lowest BCUT2D eigenvalue weighted by atomic mass is 10.1. The van der Waals surface area contributed by atoms with Crippen molar-refractivity contribution < 1.29 is 4.39 Å². The SMILES string of the molecule is Cc1ccc(C(C)Nc2n[nH]c(=O)[nH]c2=O)cc1F. The van der Waals surface area contributed by atoms with Crippen molar-refractivity contribution in [2.24, 2.45) is 0 Å². The molecular formula is C12H13FN4O2. The van der Waals surface area contributed by atoms with Crippen LogP contribution in [-0.2, 0) is 0 Å². The van der Waals surface area contributed by atoms with Crippen LogP contribution in [0.3, 0.4) is 0 Å². The molecule has 1 heterocycles. The summed E-state index contributed by atoms with van der Waals surface area (Å²) >= 11 is 0. The minimum Gasteiger partial charge on any atom is -0.358 e. The van der Waals surface area contributed by atoms with Gasteiger partial charge in [0, 0.05) is 0 Å². The second kappa shape index (κ2) is 5.05. The Morgan fingerprint density at radius 2 is 2.11 bits per heavy atom. The summed E-state index contributed by atoms with van der Waals surface area (Å²) < 4.78 is 13.5. The predicted molar refractivity (Wildman–Crippen MR) is 68.7 cm³/mol. The van der Waals surface area contributed by atoms with Crippen LogP contribution in [0.15, 0.2) is 27.8 Å². The van der Waals surface area contributed by atoms with Gasteiger partial charge in [0.1, 0.15) is 5.82 Å². The van der Waals surface area contributed by atoms with Crippen molar-refractivity contribution in [2.75, 3.05) is 5.32 Å². The van der Waals surface area contributed by atoms with Gasteiger partial charge in [0.15, 0.2) is 0 Å². The first-order valence-electron chi connectivity index (χ1n) is 5.69. The number of benzene rings is 1. The molecule has 0 saturated heterocycles. The van der Waals surface area contributed by atoms with Crippen LogP contribution in [0.1, 0.15) is 24.1 Å². The van der Waals surface area contributed by atoms with Crippen molar-refractivity contribution in [3.05, 3.63) is 56.0 Å². The second-order valence-electron chi connectivity index (χ2n) is 4.23. The van der Waals surface area contributed by atoms with Gasteiger partial charge in [0.2, 0.25) is 5.82 Å². The van der Waals surface area contributed by atoms with Crippen LogP contribution >= 0.6 is 0 Å². The zero-order valence-electron chi connectivity index (χ0n) is 10.5. The fraction of sp³-hybridized carbons (Fsp3) is 0.250. The molecule has 0 aliphatic rings. The molecule has 0 amide bonds. The molecule has 3 N–H and O–H groups in total. The second-order valence-corrected chi connectivity index (χ2v) is 4.23. The van der Waals surface area contributed by atoms with Crippen molar-refractivity contribution in [1.82, 2.24) is 15.2 Å². The van der Waals surface area contributed by atoms with E-state index in [0.717, 1.165) is 0 Å². The number of hydrogen-bond acceptors (Lipinski definition) is 4. The quantitative estimate of drug-likeness (QED) is 0.773. The van der Waals surface area contributed by atoms with Crippen molar-refractivity contribution >= 4 is 5.82 Å². The topological polar surface area (TPSA) is 90.6 Å². The summed E-state index contributed by atoms with van der Waals surface area (Å²) in [5.41, 5.74) is -0.0702. The number of anilines is 1. The van der Waals surface area contributed by atoms with E-state index in [2.05, 4.69) is 20.5 Å². The summed E-state index contributed by atoms with van der Waals surface area (Å²) in [4.78, 5) is 24.3. The standard InChI is InChI=1S/C12H13FN4O2/c1-6-3-4-8(5-9(6)13)7(2)14-10-11(18)15-12(19)17-16-10/h3-5,7H,1-2H3,(H,14,16)(H2,15,17,18,19). The molecule has 0 radical (unpaired) electrons. The average molecular weight is 264 g/mol. The van der Waals surface area contributed by atoms with Crippen LogP contribution in [-0.4, -0.2) is 15.2 Å². The summed E-state index contributed by atoms with van der Waals surface area (Å²) in [5, 5.41) is 8.53. The molecule has 0 fully saturated rings. The van der Waals surface area contributed by atoms with E-state index in [9.17, 15) is 14.0 Å². The van der Waals surface area contributed by atoms with Gasteiger partial charge in [-0.05, 0) is 31.0 Å². The highest BCUT2D eigenvalue weighted by Gasteiger charge is 2.10. The third-order valence-electron chi connectivity index (χ3n) is 2.76. The minimum atomic E-state index is -0.676. The van der Waals surface area contributed by atoms with Crippen LogP contribution in [0.2, 0.25) is 0 Å². The Labute approximate surface area is 107 Å². The highest BCUT2D eigenvalue weighted by Crippen LogP contribution is 2.18. The van der Waals surface area contributed by atoms with Crippen molar-refractivity contribution in [3.8, 4) is 0 Å². The van der Waals surface area contributed by atoms with Crippen LogP contribution in [0, 0.1) is 12.7 Å². The summed E-state index contributed by atoms with van der Waals surface area (Å²) in [6, 6.07) is 4.49. The highest BCUT2D eigenvalue weighted by atomic mass is 19.1. The number of nitrogens with one attached hydrogen (secondary N) is 3. The molecule has 0 aliphatic heterocycles. The number of aromatic amines is 2. The Kier molecular flexibility index (Phi) is 3.46. The molecule has 7 heteroatoms. The zero-order chi connectivity index (χ0) is 14.0. The van der Waals surface area contributed by atoms with Crippen molar-refractivity contribution in [3.63, 3.8) is 0 Å². The largest absolute Gasteiger partial charge is 0.358 e. The van der Waals surface area contributed by atoms with Gasteiger partial charge in [-0.2, -0.15) is 0 Å². The molecule has 19 heavy (non-hydrogen) atoms. The van der Waals surface area contributed by atoms with E-state index in [1.807, 2.05) is 0 Å². The molecule has 2 aromatic rings. The normalized spacial score (nSPS) is 12.2. The number of H-pyrrole nitrogens is 2. The molecule has 0 aliphatic carbocycles. The van der Waals surface area contributed by atoms with Crippen LogP contribution < -0.4 is 16.6 Å². The molecule has 6 nitrogen and oxygen atoms in total. The van der Waals surface area contributed by atoms with Crippen molar-refractivity contribution in [2.45, 2.75) is 19.9 Å². The van der Waals surface area contributed by atoms with Crippen LogP contribution in [0.25, 0.3) is 0 Å². The Morgan fingerprint density at radius 1 is 1.37 bits per heavy atom. The zero-order valence-corrected chi connectivity index (χ0v) is 10.5. The molecule has 100 valence electrons. The smallest absolute Gasteiger partial charge is 0.342 e. The number of aryl methyl sites for hydroxylation is 1. The van der Waals surface area contributed by atoms with Crippen molar-refractivity contribution in [1.29, 1.82) is 0 Å². The molecule has 1 aromatic carbocycles. The Balaban J connectivity index is 2.25. The molecule has 0 spiro atoms. The molecular weight excluding hydrogens is 251 g/mol. The molecule has 2 rings (SSSR count). The van der Waals surface area contributed by atoms with E-state index in [1.54, 1.807) is 26.0 Å². The Bertz CT molecular complexity index is 707. The predicted octanol–water partition coefficient (Wildman–Crippen LogP) is 1.08. The first-order valence-corrected chi connectivity index (χ1v) is 5.69. The molecule has 1 aromatic heterocycles. The number of hydrogen-bond donors (Lipinski definition) is 3. The summed E-state index contributed by atoms with van der Waals surface area (Å²) in [7, 11) is 0. The van der Waals surface area contributed by atoms with Crippen LogP contribution in [0.5, 0.6) is 0 Å². The monoisotopic (exact) mass is 264 g/mol. The lowest BCUT2D eigenvalue weighted by molar-refractivity contribution is 0.614. The number of halogens is 1. The van der Waals surface area contributed by atoms with Gasteiger partial charge in [0.05, 0.1) is 6.04 Å². The number of rotatable bonds is 3. The average Bonchev–Trinajstić information content (AvgIpc) is 2.36. The first-order chi connectivity index (χ1) is 8.97. The van der Waals surface area contributed by atoms with Gasteiger partial charge in [-0.15, -0.1) is 5.10 Å².